The molecule has 1 aliphatic heterocycles. The molecule has 2 heterocycles. The van der Waals surface area contributed by atoms with Gasteiger partial charge < -0.3 is 9.31 Å². The molecule has 7 heteroatoms. The zero-order chi connectivity index (χ0) is 27.1. The van der Waals surface area contributed by atoms with Crippen molar-refractivity contribution >= 4 is 18.7 Å². The van der Waals surface area contributed by atoms with Gasteiger partial charge in [-0.2, -0.15) is 0 Å². The van der Waals surface area contributed by atoms with E-state index in [1.807, 2.05) is 30.3 Å². The molecule has 1 saturated heterocycles. The first-order chi connectivity index (χ1) is 18.1. The summed E-state index contributed by atoms with van der Waals surface area (Å²) in [7, 11) is -0.389. The normalized spacial score (nSPS) is 28.9. The van der Waals surface area contributed by atoms with Crippen LogP contribution in [-0.2, 0) is 20.5 Å². The molecule has 1 aromatic heterocycles. The average molecular weight is 516 g/mol. The van der Waals surface area contributed by atoms with Crippen LogP contribution in [0.4, 0.5) is 0 Å². The van der Waals surface area contributed by atoms with Gasteiger partial charge in [-0.15, -0.1) is 0 Å². The standard InChI is InChI=1S/C31H41BN2O4/c1-20(2)13-24(32-37-29-17-23-16-28(30(23,3)4)31(29,5)38-32)18-26(35)22(14-21-9-7-6-8-10-21)15-27(36)25-19-33-11-12-34-25/h6-12,19-20,22-24,28-29H,13-18H2,1-5H3/t22-,23+,24-,28-,29-,31+/m1/s1. The number of carbonyl (C=O) groups is 2. The molecule has 4 aliphatic rings. The molecule has 6 nitrogen and oxygen atoms in total. The Morgan fingerprint density at radius 2 is 1.84 bits per heavy atom. The molecule has 6 atom stereocenters. The molecule has 6 rings (SSSR count). The summed E-state index contributed by atoms with van der Waals surface area (Å²) >= 11 is 0. The number of rotatable bonds is 11. The van der Waals surface area contributed by atoms with Gasteiger partial charge in [0.2, 0.25) is 0 Å². The molecule has 2 bridgehead atoms. The molecule has 0 unspecified atom stereocenters. The SMILES string of the molecule is CC(C)C[C@H](CC(=O)[C@@H](CC(=O)c1cnccn1)Cc1ccccc1)B1O[C@@H]2C[C@@H]3C[C@H](C3(C)C)[C@]2(C)O1. The van der Waals surface area contributed by atoms with Gasteiger partial charge in [0.15, 0.2) is 5.78 Å². The van der Waals surface area contributed by atoms with Crippen LogP contribution in [0.25, 0.3) is 0 Å². The fourth-order valence-corrected chi connectivity index (χ4v) is 7.39. The van der Waals surface area contributed by atoms with Crippen molar-refractivity contribution in [1.82, 2.24) is 9.97 Å². The van der Waals surface area contributed by atoms with E-state index in [2.05, 4.69) is 44.6 Å². The van der Waals surface area contributed by atoms with Crippen molar-refractivity contribution in [3.8, 4) is 0 Å². The van der Waals surface area contributed by atoms with Crippen LogP contribution in [0.15, 0.2) is 48.9 Å². The summed E-state index contributed by atoms with van der Waals surface area (Å²) in [6.45, 7) is 11.3. The highest BCUT2D eigenvalue weighted by Crippen LogP contribution is 2.66. The monoisotopic (exact) mass is 516 g/mol. The zero-order valence-corrected chi connectivity index (χ0v) is 23.4. The van der Waals surface area contributed by atoms with Crippen molar-refractivity contribution in [3.05, 3.63) is 60.2 Å². The minimum Gasteiger partial charge on any atom is -0.405 e. The van der Waals surface area contributed by atoms with Gasteiger partial charge in [-0.05, 0) is 61.3 Å². The molecule has 202 valence electrons. The first-order valence-electron chi connectivity index (χ1n) is 14.3. The predicted molar refractivity (Wildman–Crippen MR) is 148 cm³/mol. The first kappa shape index (κ1) is 27.2. The average Bonchev–Trinajstić information content (AvgIpc) is 3.26. The molecule has 0 radical (unpaired) electrons. The van der Waals surface area contributed by atoms with Crippen molar-refractivity contribution in [2.24, 2.45) is 29.1 Å². The van der Waals surface area contributed by atoms with Gasteiger partial charge in [0.05, 0.1) is 17.9 Å². The molecule has 3 saturated carbocycles. The number of hydrogen-bond acceptors (Lipinski definition) is 6. The fourth-order valence-electron chi connectivity index (χ4n) is 7.39. The van der Waals surface area contributed by atoms with Crippen LogP contribution in [0, 0.1) is 29.1 Å². The lowest BCUT2D eigenvalue weighted by molar-refractivity contribution is -0.199. The van der Waals surface area contributed by atoms with E-state index in [1.54, 1.807) is 6.20 Å². The number of carbonyl (C=O) groups excluding carboxylic acids is 2. The van der Waals surface area contributed by atoms with Gasteiger partial charge in [-0.25, -0.2) is 4.98 Å². The van der Waals surface area contributed by atoms with E-state index in [9.17, 15) is 9.59 Å². The second kappa shape index (κ2) is 10.7. The van der Waals surface area contributed by atoms with E-state index < -0.39 is 5.92 Å². The van der Waals surface area contributed by atoms with Crippen LogP contribution in [0.3, 0.4) is 0 Å². The van der Waals surface area contributed by atoms with Crippen molar-refractivity contribution in [3.63, 3.8) is 0 Å². The van der Waals surface area contributed by atoms with Gasteiger partial charge in [-0.3, -0.25) is 14.6 Å². The van der Waals surface area contributed by atoms with Gasteiger partial charge >= 0.3 is 7.12 Å². The Labute approximate surface area is 227 Å². The number of Topliss-reactive ketones (excluding diaryl/α,β-unsaturated/α-hetero) is 2. The predicted octanol–water partition coefficient (Wildman–Crippen LogP) is 6.01. The lowest BCUT2D eigenvalue weighted by Gasteiger charge is -2.64. The molecule has 0 spiro atoms. The Balaban J connectivity index is 1.34. The lowest BCUT2D eigenvalue weighted by Crippen LogP contribution is -2.65. The Kier molecular flexibility index (Phi) is 7.62. The van der Waals surface area contributed by atoms with Crippen LogP contribution in [0.2, 0.25) is 5.82 Å². The second-order valence-corrected chi connectivity index (χ2v) is 13.0. The maximum atomic E-state index is 13.9. The molecule has 0 amide bonds. The van der Waals surface area contributed by atoms with Crippen molar-refractivity contribution in [2.75, 3.05) is 0 Å². The molecular formula is C31H41BN2O4. The highest BCUT2D eigenvalue weighted by molar-refractivity contribution is 6.47. The van der Waals surface area contributed by atoms with Crippen LogP contribution in [0.1, 0.15) is 82.8 Å². The van der Waals surface area contributed by atoms with Crippen LogP contribution >= 0.6 is 0 Å². The van der Waals surface area contributed by atoms with Crippen molar-refractivity contribution < 1.29 is 18.9 Å². The Morgan fingerprint density at radius 3 is 2.50 bits per heavy atom. The molecule has 1 aromatic carbocycles. The highest BCUT2D eigenvalue weighted by Gasteiger charge is 2.68. The quantitative estimate of drug-likeness (QED) is 0.269. The van der Waals surface area contributed by atoms with Crippen molar-refractivity contribution in [1.29, 1.82) is 0 Å². The van der Waals surface area contributed by atoms with E-state index >= 15 is 0 Å². The molecule has 4 fully saturated rings. The van der Waals surface area contributed by atoms with E-state index in [0.29, 0.717) is 36.3 Å². The smallest absolute Gasteiger partial charge is 0.405 e. The zero-order valence-electron chi connectivity index (χ0n) is 23.4. The Bertz CT molecular complexity index is 1140. The Hall–Kier alpha value is -2.38. The fraction of sp³-hybridized carbons (Fsp3) is 0.613. The number of nitrogens with zero attached hydrogens (tertiary/aromatic N) is 2. The van der Waals surface area contributed by atoms with E-state index in [-0.39, 0.29) is 48.0 Å². The van der Waals surface area contributed by atoms with E-state index in [1.165, 1.54) is 18.8 Å². The summed E-state index contributed by atoms with van der Waals surface area (Å²) in [4.78, 5) is 35.2. The third-order valence-corrected chi connectivity index (χ3v) is 9.65. The topological polar surface area (TPSA) is 78.4 Å². The second-order valence-electron chi connectivity index (χ2n) is 13.0. The summed E-state index contributed by atoms with van der Waals surface area (Å²) < 4.78 is 13.4. The molecule has 38 heavy (non-hydrogen) atoms. The lowest BCUT2D eigenvalue weighted by atomic mass is 9.43. The maximum Gasteiger partial charge on any atom is 0.461 e. The number of ketones is 2. The summed E-state index contributed by atoms with van der Waals surface area (Å²) in [6.07, 6.45) is 8.67. The summed E-state index contributed by atoms with van der Waals surface area (Å²) in [5.41, 5.74) is 1.33. The Morgan fingerprint density at radius 1 is 1.08 bits per heavy atom. The minimum atomic E-state index is -0.437. The molecule has 3 aliphatic carbocycles. The molecule has 2 aromatic rings. The third-order valence-electron chi connectivity index (χ3n) is 9.65. The molecular weight excluding hydrogens is 475 g/mol. The largest absolute Gasteiger partial charge is 0.461 e. The number of hydrogen-bond donors (Lipinski definition) is 0. The summed E-state index contributed by atoms with van der Waals surface area (Å²) in [5.74, 6) is 1.02. The van der Waals surface area contributed by atoms with Gasteiger partial charge in [-0.1, -0.05) is 58.0 Å². The third kappa shape index (κ3) is 5.24. The first-order valence-corrected chi connectivity index (χ1v) is 14.3. The van der Waals surface area contributed by atoms with E-state index in [4.69, 9.17) is 9.31 Å². The minimum absolute atomic E-state index is 0.0462. The van der Waals surface area contributed by atoms with Crippen LogP contribution < -0.4 is 0 Å². The van der Waals surface area contributed by atoms with Crippen molar-refractivity contribution in [2.45, 2.75) is 90.7 Å². The van der Waals surface area contributed by atoms with Crippen LogP contribution in [0.5, 0.6) is 0 Å². The van der Waals surface area contributed by atoms with Crippen LogP contribution in [-0.4, -0.2) is 40.4 Å². The molecule has 0 N–H and O–H groups in total. The van der Waals surface area contributed by atoms with Gasteiger partial charge in [0.1, 0.15) is 11.5 Å². The van der Waals surface area contributed by atoms with E-state index in [0.717, 1.165) is 18.4 Å². The number of benzene rings is 1. The van der Waals surface area contributed by atoms with Gasteiger partial charge in [0.25, 0.3) is 0 Å². The highest BCUT2D eigenvalue weighted by atomic mass is 16.7. The number of aromatic nitrogens is 2. The summed E-state index contributed by atoms with van der Waals surface area (Å²) in [5, 5.41) is 0. The summed E-state index contributed by atoms with van der Waals surface area (Å²) in [6, 6.07) is 9.93. The van der Waals surface area contributed by atoms with Gasteiger partial charge in [0, 0.05) is 37.0 Å². The maximum absolute atomic E-state index is 13.9.